The van der Waals surface area contributed by atoms with Gasteiger partial charge in [0.1, 0.15) is 17.4 Å². The lowest BCUT2D eigenvalue weighted by molar-refractivity contribution is 0.184. The van der Waals surface area contributed by atoms with Gasteiger partial charge < -0.3 is 9.32 Å². The van der Waals surface area contributed by atoms with Gasteiger partial charge >= 0.3 is 0 Å². The van der Waals surface area contributed by atoms with Gasteiger partial charge in [0.2, 0.25) is 0 Å². The Morgan fingerprint density at radius 3 is 2.92 bits per heavy atom. The number of hydrogen-bond donors (Lipinski definition) is 0. The van der Waals surface area contributed by atoms with Gasteiger partial charge in [0.25, 0.3) is 0 Å². The minimum atomic E-state index is 0.485. The summed E-state index contributed by atoms with van der Waals surface area (Å²) in [7, 11) is 2.16. The fraction of sp³-hybridized carbons (Fsp3) is 0.556. The molecule has 0 aromatic carbocycles. The molecule has 0 spiro atoms. The third-order valence-electron chi connectivity index (χ3n) is 5.00. The summed E-state index contributed by atoms with van der Waals surface area (Å²) >= 11 is 3.38. The summed E-state index contributed by atoms with van der Waals surface area (Å²) in [6, 6.07) is 6.53. The van der Waals surface area contributed by atoms with Crippen molar-refractivity contribution in [2.75, 3.05) is 25.0 Å². The summed E-state index contributed by atoms with van der Waals surface area (Å²) in [5, 5.41) is 0. The van der Waals surface area contributed by atoms with Crippen LogP contribution < -0.4 is 4.90 Å². The molecule has 0 N–H and O–H groups in total. The molecule has 0 bridgehead atoms. The number of aromatic nitrogens is 2. The monoisotopic (exact) mass is 390 g/mol. The van der Waals surface area contributed by atoms with E-state index in [1.54, 1.807) is 0 Å². The molecule has 3 heterocycles. The maximum Gasteiger partial charge on any atom is 0.169 e. The Kier molecular flexibility index (Phi) is 4.59. The van der Waals surface area contributed by atoms with Crippen molar-refractivity contribution in [2.24, 2.45) is 0 Å². The lowest BCUT2D eigenvalue weighted by Crippen LogP contribution is -2.46. The van der Waals surface area contributed by atoms with Crippen molar-refractivity contribution in [1.82, 2.24) is 14.9 Å². The summed E-state index contributed by atoms with van der Waals surface area (Å²) in [5.74, 6) is 3.69. The van der Waals surface area contributed by atoms with Crippen LogP contribution in [0.4, 0.5) is 5.82 Å². The van der Waals surface area contributed by atoms with E-state index in [0.717, 1.165) is 41.7 Å². The number of likely N-dealkylation sites (N-methyl/N-ethyl adjacent to an activating group) is 1. The van der Waals surface area contributed by atoms with Gasteiger partial charge in [-0.3, -0.25) is 4.90 Å². The number of rotatable bonds is 5. The van der Waals surface area contributed by atoms with Crippen LogP contribution in [0.25, 0.3) is 0 Å². The van der Waals surface area contributed by atoms with Crippen LogP contribution in [0.15, 0.2) is 33.5 Å². The molecule has 5 nitrogen and oxygen atoms in total. The van der Waals surface area contributed by atoms with Gasteiger partial charge in [-0.1, -0.05) is 0 Å². The zero-order chi connectivity index (χ0) is 16.5. The Hall–Kier alpha value is -1.40. The predicted molar refractivity (Wildman–Crippen MR) is 97.1 cm³/mol. The number of hydrogen-bond acceptors (Lipinski definition) is 5. The number of anilines is 1. The van der Waals surface area contributed by atoms with E-state index in [9.17, 15) is 0 Å². The van der Waals surface area contributed by atoms with E-state index < -0.39 is 0 Å². The molecule has 4 rings (SSSR count). The smallest absolute Gasteiger partial charge is 0.169 e. The molecule has 1 atom stereocenters. The van der Waals surface area contributed by atoms with E-state index in [-0.39, 0.29) is 0 Å². The molecule has 1 saturated carbocycles. The molecule has 0 radical (unpaired) electrons. The van der Waals surface area contributed by atoms with Gasteiger partial charge in [-0.25, -0.2) is 9.97 Å². The number of furan rings is 1. The molecule has 2 aromatic rings. The van der Waals surface area contributed by atoms with Crippen molar-refractivity contribution in [3.63, 3.8) is 0 Å². The van der Waals surface area contributed by atoms with Gasteiger partial charge in [0.15, 0.2) is 4.67 Å². The summed E-state index contributed by atoms with van der Waals surface area (Å²) in [5.41, 5.74) is 0. The average Bonchev–Trinajstić information content (AvgIpc) is 3.38. The Balaban J connectivity index is 1.42. The molecule has 1 aliphatic carbocycles. The van der Waals surface area contributed by atoms with Crippen molar-refractivity contribution < 1.29 is 4.42 Å². The van der Waals surface area contributed by atoms with Gasteiger partial charge in [-0.15, -0.1) is 0 Å². The molecule has 1 unspecified atom stereocenters. The highest BCUT2D eigenvalue weighted by atomic mass is 79.9. The normalized spacial score (nSPS) is 21.8. The summed E-state index contributed by atoms with van der Waals surface area (Å²) in [4.78, 5) is 14.0. The first-order valence-electron chi connectivity index (χ1n) is 8.71. The second-order valence-electron chi connectivity index (χ2n) is 6.90. The standard InChI is InChI=1S/C18H23BrN4O/c1-22(17-8-9-20-18(21-17)13-4-5-13)14-3-2-10-23(11-14)12-15-6-7-16(19)24-15/h6-9,13-14H,2-5,10-12H2,1H3. The Bertz CT molecular complexity index is 700. The summed E-state index contributed by atoms with van der Waals surface area (Å²) < 4.78 is 6.46. The Labute approximate surface area is 151 Å². The fourth-order valence-electron chi connectivity index (χ4n) is 3.43. The van der Waals surface area contributed by atoms with E-state index in [1.165, 1.54) is 25.7 Å². The van der Waals surface area contributed by atoms with Gasteiger partial charge in [0.05, 0.1) is 6.54 Å². The molecular formula is C18H23BrN4O. The maximum atomic E-state index is 5.66. The minimum absolute atomic E-state index is 0.485. The number of halogens is 1. The largest absolute Gasteiger partial charge is 0.453 e. The molecule has 0 amide bonds. The lowest BCUT2D eigenvalue weighted by atomic mass is 10.0. The van der Waals surface area contributed by atoms with Crippen LogP contribution in [0.2, 0.25) is 0 Å². The fourth-order valence-corrected chi connectivity index (χ4v) is 3.77. The zero-order valence-corrected chi connectivity index (χ0v) is 15.6. The first-order chi connectivity index (χ1) is 11.7. The minimum Gasteiger partial charge on any atom is -0.453 e. The topological polar surface area (TPSA) is 45.4 Å². The number of piperidine rings is 1. The van der Waals surface area contributed by atoms with Gasteiger partial charge in [-0.2, -0.15) is 0 Å². The predicted octanol–water partition coefficient (Wildman–Crippen LogP) is 3.81. The van der Waals surface area contributed by atoms with Crippen LogP contribution in [0.3, 0.4) is 0 Å². The summed E-state index contributed by atoms with van der Waals surface area (Å²) in [6.45, 7) is 3.03. The third-order valence-corrected chi connectivity index (χ3v) is 5.43. The number of nitrogens with zero attached hydrogens (tertiary/aromatic N) is 4. The van der Waals surface area contributed by atoms with E-state index in [1.807, 2.05) is 24.4 Å². The highest BCUT2D eigenvalue weighted by Crippen LogP contribution is 2.38. The highest BCUT2D eigenvalue weighted by Gasteiger charge is 2.28. The molecule has 1 saturated heterocycles. The Morgan fingerprint density at radius 2 is 2.17 bits per heavy atom. The van der Waals surface area contributed by atoms with E-state index >= 15 is 0 Å². The molecular weight excluding hydrogens is 368 g/mol. The SMILES string of the molecule is CN(c1ccnc(C2CC2)n1)C1CCCN(Cc2ccc(Br)o2)C1. The van der Waals surface area contributed by atoms with Crippen LogP contribution in [0, 0.1) is 0 Å². The molecule has 6 heteroatoms. The maximum absolute atomic E-state index is 5.66. The molecule has 2 aliphatic rings. The second kappa shape index (κ2) is 6.84. The second-order valence-corrected chi connectivity index (χ2v) is 7.68. The number of likely N-dealkylation sites (tertiary alicyclic amines) is 1. The molecule has 1 aliphatic heterocycles. The van der Waals surface area contributed by atoms with Crippen molar-refractivity contribution in [2.45, 2.75) is 44.2 Å². The summed E-state index contributed by atoms with van der Waals surface area (Å²) in [6.07, 6.45) is 6.80. The van der Waals surface area contributed by atoms with Crippen LogP contribution in [0.5, 0.6) is 0 Å². The quantitative estimate of drug-likeness (QED) is 0.776. The van der Waals surface area contributed by atoms with Gasteiger partial charge in [-0.05, 0) is 66.4 Å². The van der Waals surface area contributed by atoms with Gasteiger partial charge in [0, 0.05) is 31.7 Å². The van der Waals surface area contributed by atoms with Crippen LogP contribution in [0.1, 0.15) is 43.2 Å². The average molecular weight is 391 g/mol. The van der Waals surface area contributed by atoms with Crippen molar-refractivity contribution >= 4 is 21.7 Å². The molecule has 128 valence electrons. The third kappa shape index (κ3) is 3.64. The van der Waals surface area contributed by atoms with Crippen molar-refractivity contribution in [3.8, 4) is 0 Å². The Morgan fingerprint density at radius 1 is 1.29 bits per heavy atom. The molecule has 2 fully saturated rings. The lowest BCUT2D eigenvalue weighted by Gasteiger charge is -2.37. The van der Waals surface area contributed by atoms with Crippen LogP contribution in [-0.2, 0) is 6.54 Å². The highest BCUT2D eigenvalue weighted by molar-refractivity contribution is 9.10. The van der Waals surface area contributed by atoms with Crippen molar-refractivity contribution in [1.29, 1.82) is 0 Å². The zero-order valence-electron chi connectivity index (χ0n) is 14.0. The van der Waals surface area contributed by atoms with E-state index in [2.05, 4.69) is 37.8 Å². The van der Waals surface area contributed by atoms with E-state index in [4.69, 9.17) is 9.40 Å². The first kappa shape index (κ1) is 16.1. The van der Waals surface area contributed by atoms with Crippen molar-refractivity contribution in [3.05, 3.63) is 40.7 Å². The molecule has 24 heavy (non-hydrogen) atoms. The molecule has 2 aromatic heterocycles. The first-order valence-corrected chi connectivity index (χ1v) is 9.50. The van der Waals surface area contributed by atoms with Crippen LogP contribution in [-0.4, -0.2) is 41.0 Å². The van der Waals surface area contributed by atoms with Crippen LogP contribution >= 0.6 is 15.9 Å². The van der Waals surface area contributed by atoms with E-state index in [0.29, 0.717) is 12.0 Å².